The van der Waals surface area contributed by atoms with Crippen LogP contribution in [0.25, 0.3) is 0 Å². The Morgan fingerprint density at radius 2 is 1.57 bits per heavy atom. The van der Waals surface area contributed by atoms with E-state index in [-0.39, 0.29) is 54.8 Å². The zero-order chi connectivity index (χ0) is 48.2. The predicted octanol–water partition coefficient (Wildman–Crippen LogP) is 6.18. The number of amides is 1. The van der Waals surface area contributed by atoms with Crippen molar-refractivity contribution in [2.24, 2.45) is 35.5 Å². The van der Waals surface area contributed by atoms with Gasteiger partial charge in [-0.15, -0.1) is 0 Å². The number of hydrogen-bond acceptors (Lipinski definition) is 13. The van der Waals surface area contributed by atoms with E-state index in [0.717, 1.165) is 12.0 Å². The van der Waals surface area contributed by atoms with Crippen molar-refractivity contribution in [1.29, 1.82) is 0 Å². The average molecular weight is 914 g/mol. The summed E-state index contributed by atoms with van der Waals surface area (Å²) in [7, 11) is 4.52. The number of allylic oxidation sites excluding steroid dienone is 6. The zero-order valence-electron chi connectivity index (χ0n) is 40.6. The molecule has 3 aliphatic heterocycles. The Morgan fingerprint density at radius 3 is 2.25 bits per heavy atom. The van der Waals surface area contributed by atoms with Gasteiger partial charge >= 0.3 is 5.97 Å². The number of ether oxygens (including phenoxy) is 5. The van der Waals surface area contributed by atoms with Crippen molar-refractivity contribution in [3.8, 4) is 0 Å². The van der Waals surface area contributed by atoms with Crippen LogP contribution in [0.5, 0.6) is 0 Å². The molecule has 1 amide bonds. The third-order valence-electron chi connectivity index (χ3n) is 14.5. The van der Waals surface area contributed by atoms with Gasteiger partial charge in [0.1, 0.15) is 30.1 Å². The molecule has 3 heterocycles. The van der Waals surface area contributed by atoms with Gasteiger partial charge in [0.05, 0.1) is 24.4 Å². The third-order valence-corrected chi connectivity index (χ3v) is 14.5. The van der Waals surface area contributed by atoms with Gasteiger partial charge in [-0.05, 0) is 107 Å². The lowest BCUT2D eigenvalue weighted by Gasteiger charge is -2.42. The zero-order valence-corrected chi connectivity index (χ0v) is 40.6. The fraction of sp³-hybridized carbons (Fsp3) is 0.745. The first-order valence-corrected chi connectivity index (χ1v) is 23.9. The molecule has 3 fully saturated rings. The van der Waals surface area contributed by atoms with Gasteiger partial charge in [0.25, 0.3) is 11.7 Å². The minimum atomic E-state index is -2.43. The van der Waals surface area contributed by atoms with Gasteiger partial charge < -0.3 is 43.9 Å². The minimum Gasteiger partial charge on any atom is -0.460 e. The normalized spacial score (nSPS) is 39.1. The van der Waals surface area contributed by atoms with E-state index in [1.807, 2.05) is 58.1 Å². The molecule has 0 aromatic carbocycles. The molecule has 1 aliphatic carbocycles. The lowest BCUT2D eigenvalue weighted by atomic mass is 9.78. The molecule has 65 heavy (non-hydrogen) atoms. The van der Waals surface area contributed by atoms with Gasteiger partial charge in [0.15, 0.2) is 5.78 Å². The molecule has 14 heteroatoms. The average Bonchev–Trinajstić information content (AvgIpc) is 3.28. The molecule has 1 saturated carbocycles. The van der Waals surface area contributed by atoms with Crippen LogP contribution in [0.15, 0.2) is 47.6 Å². The maximum Gasteiger partial charge on any atom is 0.329 e. The monoisotopic (exact) mass is 914 g/mol. The number of esters is 1. The number of rotatable bonds is 6. The molecule has 14 nitrogen and oxygen atoms in total. The molecule has 4 unspecified atom stereocenters. The Morgan fingerprint density at radius 1 is 0.846 bits per heavy atom. The van der Waals surface area contributed by atoms with Crippen molar-refractivity contribution in [2.75, 3.05) is 27.9 Å². The number of fused-ring (bicyclic) bond motifs is 3. The Kier molecular flexibility index (Phi) is 21.0. The van der Waals surface area contributed by atoms with E-state index in [1.165, 1.54) is 12.0 Å². The first-order chi connectivity index (χ1) is 30.7. The van der Waals surface area contributed by atoms with E-state index in [2.05, 4.69) is 0 Å². The number of piperidine rings is 1. The summed E-state index contributed by atoms with van der Waals surface area (Å²) < 4.78 is 29.4. The lowest BCUT2D eigenvalue weighted by Crippen LogP contribution is -2.61. The molecule has 4 rings (SSSR count). The SMILES string of the molecule is COC1CC2CC[C@@H](C)[C@@](O)(O2)C(=O)C(=O)N2CCCC[C@H]2C(=O)OC([C@H](C)C[C@@H]2CC[C@@H](O)[C@H](OC)C2)CC(=O)C(C)/C=C(\C)[C@@H](O)[C@@H](OC)C(=O)[C@H](C)C[C@H](C)/C=C/C=CC=C1C. The van der Waals surface area contributed by atoms with Crippen molar-refractivity contribution >= 4 is 29.2 Å². The van der Waals surface area contributed by atoms with E-state index in [4.69, 9.17) is 23.7 Å². The summed E-state index contributed by atoms with van der Waals surface area (Å²) in [6, 6.07) is -1.14. The highest BCUT2D eigenvalue weighted by Crippen LogP contribution is 2.38. The highest BCUT2D eigenvalue weighted by atomic mass is 16.6. The van der Waals surface area contributed by atoms with Gasteiger partial charge in [0, 0.05) is 58.5 Å². The largest absolute Gasteiger partial charge is 0.460 e. The molecular weight excluding hydrogens is 835 g/mol. The maximum atomic E-state index is 14.4. The lowest BCUT2D eigenvalue weighted by molar-refractivity contribution is -0.265. The van der Waals surface area contributed by atoms with Crippen LogP contribution in [-0.4, -0.2) is 132 Å². The quantitative estimate of drug-likeness (QED) is 0.156. The molecule has 3 N–H and O–H groups in total. The van der Waals surface area contributed by atoms with Crippen molar-refractivity contribution in [2.45, 2.75) is 180 Å². The predicted molar refractivity (Wildman–Crippen MR) is 245 cm³/mol. The van der Waals surface area contributed by atoms with Gasteiger partial charge in [0.2, 0.25) is 5.79 Å². The van der Waals surface area contributed by atoms with E-state index in [9.17, 15) is 39.3 Å². The van der Waals surface area contributed by atoms with E-state index >= 15 is 0 Å². The Labute approximate surface area is 387 Å². The first-order valence-electron chi connectivity index (χ1n) is 23.9. The second kappa shape index (κ2) is 25.1. The number of carbonyl (C=O) groups is 5. The number of nitrogens with zero attached hydrogens (tertiary/aromatic N) is 1. The first kappa shape index (κ1) is 54.2. The molecular formula is C51H79NO13. The van der Waals surface area contributed by atoms with E-state index in [1.54, 1.807) is 41.1 Å². The molecule has 0 radical (unpaired) electrons. The van der Waals surface area contributed by atoms with Crippen molar-refractivity contribution in [3.05, 3.63) is 47.6 Å². The van der Waals surface area contributed by atoms with Gasteiger partial charge in [-0.3, -0.25) is 19.2 Å². The number of ketones is 3. The number of carbonyl (C=O) groups excluding carboxylic acids is 5. The molecule has 0 spiro atoms. The number of methoxy groups -OCH3 is 3. The summed E-state index contributed by atoms with van der Waals surface area (Å²) in [6.45, 7) is 12.7. The molecule has 2 saturated heterocycles. The van der Waals surface area contributed by atoms with Crippen LogP contribution in [0.4, 0.5) is 0 Å². The number of aliphatic hydroxyl groups is 3. The molecule has 366 valence electrons. The van der Waals surface area contributed by atoms with Crippen molar-refractivity contribution in [3.63, 3.8) is 0 Å². The Bertz CT molecular complexity index is 1760. The summed E-state index contributed by atoms with van der Waals surface area (Å²) in [5, 5.41) is 33.8. The number of Topliss-reactive ketones (excluding diaryl/α,β-unsaturated/α-hetero) is 3. The second-order valence-corrected chi connectivity index (χ2v) is 19.6. The maximum absolute atomic E-state index is 14.4. The van der Waals surface area contributed by atoms with Crippen LogP contribution < -0.4 is 0 Å². The number of hydrogen-bond donors (Lipinski definition) is 3. The van der Waals surface area contributed by atoms with Crippen LogP contribution in [0, 0.1) is 35.5 Å². The van der Waals surface area contributed by atoms with Gasteiger partial charge in [-0.1, -0.05) is 71.1 Å². The summed E-state index contributed by atoms with van der Waals surface area (Å²) in [5.74, 6) is -7.96. The summed E-state index contributed by atoms with van der Waals surface area (Å²) in [6.07, 6.45) is 11.2. The standard InChI is InChI=1S/C51H79NO13/c1-30-16-12-11-13-17-31(2)42(61-8)28-38-21-19-36(7)51(60,65-38)48(57)49(58)52-23-15-14-18-39(52)50(59)64-43(33(4)26-37-20-22-40(53)44(27-37)62-9)29-41(54)32(3)25-35(6)46(56)47(63-10)45(55)34(5)24-30/h11-13,16-17,25,30,32-34,36-40,42-44,46-47,53,56,60H,14-15,18-24,26-29H2,1-10H3/b13-11?,16-12+,31-17?,35-25+/t30-,32?,33-,34-,36-,37+,38?,39+,40-,42?,43?,44-,46-,47+,51-/m1/s1. The summed E-state index contributed by atoms with van der Waals surface area (Å²) in [5.41, 5.74) is 1.27. The van der Waals surface area contributed by atoms with E-state index in [0.29, 0.717) is 63.4 Å². The molecule has 0 aromatic heterocycles. The van der Waals surface area contributed by atoms with Crippen molar-refractivity contribution < 1.29 is 63.0 Å². The van der Waals surface area contributed by atoms with Crippen LogP contribution in [-0.2, 0) is 47.7 Å². The highest BCUT2D eigenvalue weighted by molar-refractivity contribution is 6.39. The Hall–Kier alpha value is -3.37. The highest BCUT2D eigenvalue weighted by Gasteiger charge is 2.53. The Balaban J connectivity index is 1.70. The molecule has 0 aromatic rings. The molecule has 15 atom stereocenters. The number of aliphatic hydroxyl groups excluding tert-OH is 2. The minimum absolute atomic E-state index is 0.0193. The van der Waals surface area contributed by atoms with Gasteiger partial charge in [-0.25, -0.2) is 4.79 Å². The van der Waals surface area contributed by atoms with Crippen molar-refractivity contribution in [1.82, 2.24) is 4.90 Å². The molecule has 4 aliphatic rings. The van der Waals surface area contributed by atoms with Crippen LogP contribution >= 0.6 is 0 Å². The van der Waals surface area contributed by atoms with E-state index < -0.39 is 83.9 Å². The fourth-order valence-electron chi connectivity index (χ4n) is 10.1. The fourth-order valence-corrected chi connectivity index (χ4v) is 10.1. The van der Waals surface area contributed by atoms with Crippen LogP contribution in [0.3, 0.4) is 0 Å². The smallest absolute Gasteiger partial charge is 0.329 e. The second-order valence-electron chi connectivity index (χ2n) is 19.6. The third kappa shape index (κ3) is 14.3. The van der Waals surface area contributed by atoms with Crippen LogP contribution in [0.2, 0.25) is 0 Å². The van der Waals surface area contributed by atoms with Crippen LogP contribution in [0.1, 0.15) is 126 Å². The summed E-state index contributed by atoms with van der Waals surface area (Å²) >= 11 is 0. The number of cyclic esters (lactones) is 1. The summed E-state index contributed by atoms with van der Waals surface area (Å²) in [4.78, 5) is 71.8. The molecule has 2 bridgehead atoms. The topological polar surface area (TPSA) is 195 Å². The van der Waals surface area contributed by atoms with Gasteiger partial charge in [-0.2, -0.15) is 0 Å².